The molecule has 0 spiro atoms. The average molecular weight is 278 g/mol. The zero-order valence-corrected chi connectivity index (χ0v) is 11.9. The summed E-state index contributed by atoms with van der Waals surface area (Å²) in [5.74, 6) is 0.152. The molecule has 2 heterocycles. The Morgan fingerprint density at radius 2 is 2.25 bits per heavy atom. The molecule has 1 saturated carbocycles. The molecule has 2 fully saturated rings. The molecule has 1 unspecified atom stereocenters. The van der Waals surface area contributed by atoms with E-state index in [0.29, 0.717) is 32.3 Å². The molecule has 1 N–H and O–H groups in total. The summed E-state index contributed by atoms with van der Waals surface area (Å²) in [4.78, 5) is 18.6. The van der Waals surface area contributed by atoms with Crippen LogP contribution in [0.2, 0.25) is 0 Å². The van der Waals surface area contributed by atoms with Crippen molar-refractivity contribution >= 4 is 5.91 Å². The fourth-order valence-corrected chi connectivity index (χ4v) is 2.52. The Morgan fingerprint density at radius 3 is 2.95 bits per heavy atom. The average Bonchev–Trinajstić information content (AvgIpc) is 3.21. The largest absolute Gasteiger partial charge is 0.378 e. The summed E-state index contributed by atoms with van der Waals surface area (Å²) in [5, 5.41) is 3.47. The predicted molar refractivity (Wildman–Crippen MR) is 74.2 cm³/mol. The van der Waals surface area contributed by atoms with E-state index in [4.69, 9.17) is 4.74 Å². The highest BCUT2D eigenvalue weighted by Gasteiger charge is 2.25. The monoisotopic (exact) mass is 278 g/mol. The van der Waals surface area contributed by atoms with Gasteiger partial charge in [0.15, 0.2) is 0 Å². The molecule has 0 bridgehead atoms. The van der Waals surface area contributed by atoms with E-state index in [2.05, 4.69) is 10.3 Å². The number of nitrogens with one attached hydrogen (secondary N) is 1. The summed E-state index contributed by atoms with van der Waals surface area (Å²) in [6, 6.07) is 0.454. The number of amides is 1. The molecule has 1 aromatic heterocycles. The molecular formula is C14H22N4O2. The third kappa shape index (κ3) is 3.02. The van der Waals surface area contributed by atoms with Crippen molar-refractivity contribution in [1.29, 1.82) is 0 Å². The molecule has 2 aliphatic rings. The number of morpholine rings is 1. The zero-order chi connectivity index (χ0) is 13.9. The van der Waals surface area contributed by atoms with Crippen molar-refractivity contribution < 1.29 is 9.53 Å². The summed E-state index contributed by atoms with van der Waals surface area (Å²) < 4.78 is 7.27. The summed E-state index contributed by atoms with van der Waals surface area (Å²) >= 11 is 0. The van der Waals surface area contributed by atoms with Gasteiger partial charge in [0, 0.05) is 31.9 Å². The van der Waals surface area contributed by atoms with Crippen LogP contribution in [0.5, 0.6) is 0 Å². The van der Waals surface area contributed by atoms with Crippen molar-refractivity contribution in [2.24, 2.45) is 0 Å². The SMILES string of the molecule is CC(C(=O)N1CCOCC1)n1cncc1CNC1CC1. The van der Waals surface area contributed by atoms with Gasteiger partial charge in [-0.15, -0.1) is 0 Å². The van der Waals surface area contributed by atoms with Gasteiger partial charge in [-0.05, 0) is 19.8 Å². The number of hydrogen-bond acceptors (Lipinski definition) is 4. The van der Waals surface area contributed by atoms with Crippen molar-refractivity contribution in [2.45, 2.75) is 38.4 Å². The van der Waals surface area contributed by atoms with Gasteiger partial charge >= 0.3 is 0 Å². The van der Waals surface area contributed by atoms with Crippen LogP contribution in [-0.2, 0) is 16.1 Å². The Hall–Kier alpha value is -1.40. The van der Waals surface area contributed by atoms with Crippen LogP contribution in [0.15, 0.2) is 12.5 Å². The molecule has 6 heteroatoms. The van der Waals surface area contributed by atoms with Crippen molar-refractivity contribution in [3.8, 4) is 0 Å². The van der Waals surface area contributed by atoms with E-state index in [0.717, 1.165) is 12.2 Å². The van der Waals surface area contributed by atoms with Gasteiger partial charge in [0.25, 0.3) is 0 Å². The number of nitrogens with zero attached hydrogens (tertiary/aromatic N) is 3. The standard InChI is InChI=1S/C14H22N4O2/c1-11(14(19)17-4-6-20-7-5-17)18-10-15-8-13(18)9-16-12-2-3-12/h8,10-12,16H,2-7,9H2,1H3. The van der Waals surface area contributed by atoms with Gasteiger partial charge in [0.2, 0.25) is 5.91 Å². The van der Waals surface area contributed by atoms with Gasteiger partial charge in [-0.25, -0.2) is 4.98 Å². The Bertz CT molecular complexity index is 463. The molecule has 3 rings (SSSR count). The zero-order valence-electron chi connectivity index (χ0n) is 11.9. The number of ether oxygens (including phenoxy) is 1. The number of aromatic nitrogens is 2. The minimum atomic E-state index is -0.202. The molecule has 1 atom stereocenters. The van der Waals surface area contributed by atoms with E-state index >= 15 is 0 Å². The molecule has 1 aliphatic heterocycles. The van der Waals surface area contributed by atoms with Crippen LogP contribution in [0.1, 0.15) is 31.5 Å². The fraction of sp³-hybridized carbons (Fsp3) is 0.714. The minimum absolute atomic E-state index is 0.152. The maximum Gasteiger partial charge on any atom is 0.245 e. The molecule has 20 heavy (non-hydrogen) atoms. The topological polar surface area (TPSA) is 59.4 Å². The van der Waals surface area contributed by atoms with Crippen LogP contribution in [-0.4, -0.2) is 52.7 Å². The lowest BCUT2D eigenvalue weighted by molar-refractivity contribution is -0.138. The first-order valence-electron chi connectivity index (χ1n) is 7.36. The van der Waals surface area contributed by atoms with Gasteiger partial charge in [0.1, 0.15) is 6.04 Å². The maximum absolute atomic E-state index is 12.5. The van der Waals surface area contributed by atoms with Crippen LogP contribution >= 0.6 is 0 Å². The van der Waals surface area contributed by atoms with Gasteiger partial charge in [-0.3, -0.25) is 4.79 Å². The van der Waals surface area contributed by atoms with E-state index in [-0.39, 0.29) is 11.9 Å². The van der Waals surface area contributed by atoms with Gasteiger partial charge in [-0.1, -0.05) is 0 Å². The minimum Gasteiger partial charge on any atom is -0.378 e. The molecule has 110 valence electrons. The van der Waals surface area contributed by atoms with Gasteiger partial charge in [0.05, 0.1) is 25.2 Å². The number of carbonyl (C=O) groups is 1. The highest BCUT2D eigenvalue weighted by Crippen LogP contribution is 2.20. The van der Waals surface area contributed by atoms with E-state index in [1.165, 1.54) is 12.8 Å². The fourth-order valence-electron chi connectivity index (χ4n) is 2.52. The Balaban J connectivity index is 1.64. The summed E-state index contributed by atoms with van der Waals surface area (Å²) in [7, 11) is 0. The van der Waals surface area contributed by atoms with Crippen molar-refractivity contribution in [2.75, 3.05) is 26.3 Å². The first-order chi connectivity index (χ1) is 9.75. The second kappa shape index (κ2) is 5.93. The van der Waals surface area contributed by atoms with E-state index in [1.54, 1.807) is 6.33 Å². The Labute approximate surface area is 119 Å². The second-order valence-corrected chi connectivity index (χ2v) is 5.56. The molecular weight excluding hydrogens is 256 g/mol. The number of hydrogen-bond donors (Lipinski definition) is 1. The number of rotatable bonds is 5. The highest BCUT2D eigenvalue weighted by atomic mass is 16.5. The van der Waals surface area contributed by atoms with Crippen LogP contribution < -0.4 is 5.32 Å². The van der Waals surface area contributed by atoms with E-state index in [9.17, 15) is 4.79 Å². The smallest absolute Gasteiger partial charge is 0.245 e. The lowest BCUT2D eigenvalue weighted by Gasteiger charge is -2.30. The lowest BCUT2D eigenvalue weighted by Crippen LogP contribution is -2.43. The number of carbonyl (C=O) groups excluding carboxylic acids is 1. The maximum atomic E-state index is 12.5. The molecule has 1 aromatic rings. The van der Waals surface area contributed by atoms with Crippen molar-refractivity contribution in [3.63, 3.8) is 0 Å². The lowest BCUT2D eigenvalue weighted by atomic mass is 10.2. The summed E-state index contributed by atoms with van der Waals surface area (Å²) in [6.07, 6.45) is 6.12. The molecule has 1 amide bonds. The van der Waals surface area contributed by atoms with Crippen LogP contribution in [0.4, 0.5) is 0 Å². The third-order valence-corrected chi connectivity index (χ3v) is 3.99. The summed E-state index contributed by atoms with van der Waals surface area (Å²) in [6.45, 7) is 5.38. The van der Waals surface area contributed by atoms with Gasteiger partial charge < -0.3 is 19.5 Å². The van der Waals surface area contributed by atoms with Crippen LogP contribution in [0.3, 0.4) is 0 Å². The second-order valence-electron chi connectivity index (χ2n) is 5.56. The van der Waals surface area contributed by atoms with Crippen molar-refractivity contribution in [3.05, 3.63) is 18.2 Å². The van der Waals surface area contributed by atoms with E-state index < -0.39 is 0 Å². The summed E-state index contributed by atoms with van der Waals surface area (Å²) in [5.41, 5.74) is 1.08. The van der Waals surface area contributed by atoms with Gasteiger partial charge in [-0.2, -0.15) is 0 Å². The van der Waals surface area contributed by atoms with Crippen LogP contribution in [0, 0.1) is 0 Å². The molecule has 1 aliphatic carbocycles. The Kier molecular flexibility index (Phi) is 4.03. The first kappa shape index (κ1) is 13.6. The molecule has 0 radical (unpaired) electrons. The highest BCUT2D eigenvalue weighted by molar-refractivity contribution is 5.80. The molecule has 0 aromatic carbocycles. The van der Waals surface area contributed by atoms with Crippen molar-refractivity contribution in [1.82, 2.24) is 19.8 Å². The van der Waals surface area contributed by atoms with E-state index in [1.807, 2.05) is 22.6 Å². The predicted octanol–water partition coefficient (Wildman–Crippen LogP) is 0.555. The Morgan fingerprint density at radius 1 is 1.50 bits per heavy atom. The molecule has 6 nitrogen and oxygen atoms in total. The first-order valence-corrected chi connectivity index (χ1v) is 7.36. The quantitative estimate of drug-likeness (QED) is 0.855. The molecule has 1 saturated heterocycles. The normalized spacial score (nSPS) is 20.9. The van der Waals surface area contributed by atoms with Crippen LogP contribution in [0.25, 0.3) is 0 Å². The third-order valence-electron chi connectivity index (χ3n) is 3.99. The number of imidazole rings is 1.